The van der Waals surface area contributed by atoms with Gasteiger partial charge in [-0.15, -0.1) is 0 Å². The van der Waals surface area contributed by atoms with Crippen LogP contribution in [0.2, 0.25) is 5.02 Å². The van der Waals surface area contributed by atoms with E-state index in [9.17, 15) is 0 Å². The van der Waals surface area contributed by atoms with Crippen molar-refractivity contribution in [2.45, 2.75) is 12.8 Å². The van der Waals surface area contributed by atoms with E-state index in [0.29, 0.717) is 6.54 Å². The fourth-order valence-corrected chi connectivity index (χ4v) is 1.37. The number of nitrogens with two attached hydrogens (primary N) is 2. The van der Waals surface area contributed by atoms with Gasteiger partial charge in [0.05, 0.1) is 0 Å². The summed E-state index contributed by atoms with van der Waals surface area (Å²) < 4.78 is 0. The molecular formula is C9H13ClN2. The Kier molecular flexibility index (Phi) is 2.95. The van der Waals surface area contributed by atoms with Gasteiger partial charge in [0.1, 0.15) is 0 Å². The lowest BCUT2D eigenvalue weighted by atomic mass is 10.0. The van der Waals surface area contributed by atoms with Gasteiger partial charge in [0.2, 0.25) is 0 Å². The summed E-state index contributed by atoms with van der Waals surface area (Å²) in [5, 5.41) is 0.738. The standard InChI is InChI=1S/C9H13ClN2/c1-6(5-11)8-4-7(12)2-3-9(8)10/h2-4,6H,5,11-12H2,1H3. The molecule has 0 saturated heterocycles. The summed E-state index contributed by atoms with van der Waals surface area (Å²) in [6.45, 7) is 2.61. The molecule has 0 heterocycles. The summed E-state index contributed by atoms with van der Waals surface area (Å²) in [5.74, 6) is 0.265. The van der Waals surface area contributed by atoms with Crippen molar-refractivity contribution in [2.24, 2.45) is 5.73 Å². The van der Waals surface area contributed by atoms with Crippen LogP contribution in [0.15, 0.2) is 18.2 Å². The van der Waals surface area contributed by atoms with Crippen molar-refractivity contribution in [3.63, 3.8) is 0 Å². The zero-order chi connectivity index (χ0) is 9.14. The molecule has 2 nitrogen and oxygen atoms in total. The quantitative estimate of drug-likeness (QED) is 0.691. The predicted octanol–water partition coefficient (Wildman–Crippen LogP) is 1.98. The van der Waals surface area contributed by atoms with Gasteiger partial charge in [-0.1, -0.05) is 18.5 Å². The highest BCUT2D eigenvalue weighted by atomic mass is 35.5. The molecule has 0 radical (unpaired) electrons. The van der Waals surface area contributed by atoms with Crippen LogP contribution in [-0.4, -0.2) is 6.54 Å². The van der Waals surface area contributed by atoms with Crippen molar-refractivity contribution in [1.82, 2.24) is 0 Å². The maximum Gasteiger partial charge on any atom is 0.0442 e. The number of rotatable bonds is 2. The Morgan fingerprint density at radius 2 is 2.17 bits per heavy atom. The maximum absolute atomic E-state index is 5.96. The van der Waals surface area contributed by atoms with E-state index in [1.807, 2.05) is 13.0 Å². The summed E-state index contributed by atoms with van der Waals surface area (Å²) in [5.41, 5.74) is 12.9. The molecule has 1 atom stereocenters. The third-order valence-electron chi connectivity index (χ3n) is 1.90. The normalized spacial score (nSPS) is 12.9. The summed E-state index contributed by atoms with van der Waals surface area (Å²) in [6, 6.07) is 5.47. The highest BCUT2D eigenvalue weighted by Gasteiger charge is 2.07. The minimum Gasteiger partial charge on any atom is -0.399 e. The lowest BCUT2D eigenvalue weighted by Gasteiger charge is -2.11. The van der Waals surface area contributed by atoms with E-state index in [4.69, 9.17) is 23.1 Å². The number of benzene rings is 1. The fourth-order valence-electron chi connectivity index (χ4n) is 1.07. The van der Waals surface area contributed by atoms with Gasteiger partial charge in [-0.3, -0.25) is 0 Å². The molecule has 0 fully saturated rings. The van der Waals surface area contributed by atoms with Gasteiger partial charge in [-0.2, -0.15) is 0 Å². The molecule has 0 aliphatic rings. The monoisotopic (exact) mass is 184 g/mol. The second-order valence-electron chi connectivity index (χ2n) is 2.92. The van der Waals surface area contributed by atoms with Crippen LogP contribution < -0.4 is 11.5 Å². The Balaban J connectivity index is 3.04. The Morgan fingerprint density at radius 3 is 2.75 bits per heavy atom. The van der Waals surface area contributed by atoms with Crippen LogP contribution in [0.4, 0.5) is 5.69 Å². The molecule has 1 unspecified atom stereocenters. The number of anilines is 1. The average Bonchev–Trinajstić information content (AvgIpc) is 2.08. The molecule has 0 aromatic heterocycles. The third kappa shape index (κ3) is 1.90. The molecule has 0 saturated carbocycles. The van der Waals surface area contributed by atoms with Gasteiger partial charge in [-0.25, -0.2) is 0 Å². The number of nitrogen functional groups attached to an aromatic ring is 1. The Morgan fingerprint density at radius 1 is 1.50 bits per heavy atom. The molecule has 4 N–H and O–H groups in total. The number of hydrogen-bond donors (Lipinski definition) is 2. The zero-order valence-electron chi connectivity index (χ0n) is 7.05. The third-order valence-corrected chi connectivity index (χ3v) is 2.25. The average molecular weight is 185 g/mol. The zero-order valence-corrected chi connectivity index (χ0v) is 7.81. The van der Waals surface area contributed by atoms with Crippen LogP contribution in [-0.2, 0) is 0 Å². The lowest BCUT2D eigenvalue weighted by Crippen LogP contribution is -2.09. The van der Waals surface area contributed by atoms with Crippen molar-refractivity contribution in [3.8, 4) is 0 Å². The largest absolute Gasteiger partial charge is 0.399 e. The second kappa shape index (κ2) is 3.78. The Hall–Kier alpha value is -0.730. The van der Waals surface area contributed by atoms with Gasteiger partial charge >= 0.3 is 0 Å². The summed E-state index contributed by atoms with van der Waals surface area (Å²) in [6.07, 6.45) is 0. The Bertz CT molecular complexity index is 273. The lowest BCUT2D eigenvalue weighted by molar-refractivity contribution is 0.775. The second-order valence-corrected chi connectivity index (χ2v) is 3.32. The number of hydrogen-bond acceptors (Lipinski definition) is 2. The van der Waals surface area contributed by atoms with Crippen LogP contribution in [0.3, 0.4) is 0 Å². The van der Waals surface area contributed by atoms with Gasteiger partial charge < -0.3 is 11.5 Å². The van der Waals surface area contributed by atoms with E-state index in [1.165, 1.54) is 0 Å². The van der Waals surface area contributed by atoms with Crippen molar-refractivity contribution < 1.29 is 0 Å². The molecule has 0 aliphatic carbocycles. The minimum absolute atomic E-state index is 0.265. The summed E-state index contributed by atoms with van der Waals surface area (Å²) >= 11 is 5.96. The van der Waals surface area contributed by atoms with Crippen molar-refractivity contribution in [1.29, 1.82) is 0 Å². The van der Waals surface area contributed by atoms with Crippen molar-refractivity contribution in [2.75, 3.05) is 12.3 Å². The van der Waals surface area contributed by atoms with E-state index in [1.54, 1.807) is 12.1 Å². The smallest absolute Gasteiger partial charge is 0.0442 e. The Labute approximate surface area is 77.5 Å². The van der Waals surface area contributed by atoms with Crippen LogP contribution in [0, 0.1) is 0 Å². The molecule has 1 aromatic rings. The van der Waals surface area contributed by atoms with Crippen LogP contribution >= 0.6 is 11.6 Å². The predicted molar refractivity (Wildman–Crippen MR) is 53.3 cm³/mol. The van der Waals surface area contributed by atoms with Crippen LogP contribution in [0.1, 0.15) is 18.4 Å². The van der Waals surface area contributed by atoms with Crippen LogP contribution in [0.5, 0.6) is 0 Å². The van der Waals surface area contributed by atoms with Crippen LogP contribution in [0.25, 0.3) is 0 Å². The molecule has 12 heavy (non-hydrogen) atoms. The molecule has 1 rings (SSSR count). The molecule has 1 aromatic carbocycles. The number of halogens is 1. The molecule has 3 heteroatoms. The van der Waals surface area contributed by atoms with E-state index in [0.717, 1.165) is 16.3 Å². The first-order chi connectivity index (χ1) is 5.65. The van der Waals surface area contributed by atoms with Crippen molar-refractivity contribution in [3.05, 3.63) is 28.8 Å². The van der Waals surface area contributed by atoms with Crippen molar-refractivity contribution >= 4 is 17.3 Å². The van der Waals surface area contributed by atoms with Gasteiger partial charge in [0.25, 0.3) is 0 Å². The summed E-state index contributed by atoms with van der Waals surface area (Å²) in [7, 11) is 0. The minimum atomic E-state index is 0.265. The van der Waals surface area contributed by atoms with Gasteiger partial charge in [0, 0.05) is 10.7 Å². The highest BCUT2D eigenvalue weighted by molar-refractivity contribution is 6.31. The topological polar surface area (TPSA) is 52.0 Å². The van der Waals surface area contributed by atoms with E-state index in [2.05, 4.69) is 0 Å². The molecule has 66 valence electrons. The van der Waals surface area contributed by atoms with E-state index >= 15 is 0 Å². The molecule has 0 amide bonds. The van der Waals surface area contributed by atoms with E-state index in [-0.39, 0.29) is 5.92 Å². The molecule has 0 aliphatic heterocycles. The summed E-state index contributed by atoms with van der Waals surface area (Å²) in [4.78, 5) is 0. The van der Waals surface area contributed by atoms with Gasteiger partial charge in [0.15, 0.2) is 0 Å². The highest BCUT2D eigenvalue weighted by Crippen LogP contribution is 2.25. The van der Waals surface area contributed by atoms with E-state index < -0.39 is 0 Å². The van der Waals surface area contributed by atoms with Gasteiger partial charge in [-0.05, 0) is 36.2 Å². The molecular weight excluding hydrogens is 172 g/mol. The molecule has 0 spiro atoms. The first-order valence-electron chi connectivity index (χ1n) is 3.90. The maximum atomic E-state index is 5.96. The SMILES string of the molecule is CC(CN)c1cc(N)ccc1Cl. The fraction of sp³-hybridized carbons (Fsp3) is 0.333. The first kappa shape index (κ1) is 9.36. The first-order valence-corrected chi connectivity index (χ1v) is 4.28. The molecule has 0 bridgehead atoms.